The van der Waals surface area contributed by atoms with Crippen LogP contribution in [-0.4, -0.2) is 27.8 Å². The maximum Gasteiger partial charge on any atom is 0.331 e. The minimum absolute atomic E-state index is 0.366. The molecule has 0 unspecified atom stereocenters. The van der Waals surface area contributed by atoms with Crippen molar-refractivity contribution in [1.82, 2.24) is 9.78 Å². The van der Waals surface area contributed by atoms with E-state index >= 15 is 0 Å². The number of esters is 1. The first-order chi connectivity index (χ1) is 12.2. The van der Waals surface area contributed by atoms with E-state index in [4.69, 9.17) is 4.74 Å². The van der Waals surface area contributed by atoms with Crippen molar-refractivity contribution in [3.63, 3.8) is 0 Å². The number of aromatic nitrogens is 2. The third-order valence-corrected chi connectivity index (χ3v) is 4.26. The summed E-state index contributed by atoms with van der Waals surface area (Å²) >= 11 is 0. The zero-order valence-electron chi connectivity index (χ0n) is 16.1. The van der Waals surface area contributed by atoms with Crippen LogP contribution in [0.15, 0.2) is 24.3 Å². The largest absolute Gasteiger partial charge is 0.449 e. The number of hydrogen-bond donors (Lipinski definition) is 1. The summed E-state index contributed by atoms with van der Waals surface area (Å²) in [6, 6.07) is 5.79. The number of anilines is 1. The van der Waals surface area contributed by atoms with Gasteiger partial charge in [-0.2, -0.15) is 5.10 Å². The van der Waals surface area contributed by atoms with Gasteiger partial charge in [0.05, 0.1) is 5.69 Å². The van der Waals surface area contributed by atoms with E-state index in [0.717, 1.165) is 33.8 Å². The molecule has 6 heteroatoms. The predicted octanol–water partition coefficient (Wildman–Crippen LogP) is 3.24. The van der Waals surface area contributed by atoms with Crippen LogP contribution in [0.1, 0.15) is 35.0 Å². The lowest BCUT2D eigenvalue weighted by molar-refractivity contribution is -0.148. The number of rotatable bonds is 5. The molecule has 1 heterocycles. The first kappa shape index (κ1) is 19.4. The van der Waals surface area contributed by atoms with Crippen LogP contribution in [0.5, 0.6) is 0 Å². The Morgan fingerprint density at radius 3 is 2.54 bits per heavy atom. The van der Waals surface area contributed by atoms with Crippen LogP contribution in [0.4, 0.5) is 5.69 Å². The molecule has 0 fully saturated rings. The molecule has 6 nitrogen and oxygen atoms in total. The summed E-state index contributed by atoms with van der Waals surface area (Å²) in [5.74, 6) is -0.939. The lowest BCUT2D eigenvalue weighted by atomic mass is 10.1. The molecule has 0 saturated carbocycles. The van der Waals surface area contributed by atoms with Crippen LogP contribution >= 0.6 is 0 Å². The fourth-order valence-corrected chi connectivity index (χ4v) is 2.55. The Hall–Kier alpha value is -2.89. The van der Waals surface area contributed by atoms with E-state index in [1.54, 1.807) is 17.7 Å². The summed E-state index contributed by atoms with van der Waals surface area (Å²) in [6.45, 7) is 9.20. The highest BCUT2D eigenvalue weighted by atomic mass is 16.5. The molecule has 0 spiro atoms. The van der Waals surface area contributed by atoms with E-state index in [0.29, 0.717) is 0 Å². The van der Waals surface area contributed by atoms with Crippen LogP contribution in [0.3, 0.4) is 0 Å². The van der Waals surface area contributed by atoms with Crippen molar-refractivity contribution in [2.75, 3.05) is 5.32 Å². The second kappa shape index (κ2) is 7.99. The number of carbonyl (C=O) groups excluding carboxylic acids is 2. The molecule has 0 saturated heterocycles. The molecule has 1 amide bonds. The summed E-state index contributed by atoms with van der Waals surface area (Å²) in [5, 5.41) is 7.09. The zero-order valence-corrected chi connectivity index (χ0v) is 16.1. The fourth-order valence-electron chi connectivity index (χ4n) is 2.55. The van der Waals surface area contributed by atoms with E-state index in [1.807, 2.05) is 52.9 Å². The lowest BCUT2D eigenvalue weighted by Crippen LogP contribution is -2.29. The molecule has 1 N–H and O–H groups in total. The maximum atomic E-state index is 12.3. The minimum atomic E-state index is -0.900. The average Bonchev–Trinajstić information content (AvgIpc) is 2.81. The third kappa shape index (κ3) is 4.59. The van der Waals surface area contributed by atoms with Gasteiger partial charge in [0.1, 0.15) is 0 Å². The lowest BCUT2D eigenvalue weighted by Gasteiger charge is -2.14. The molecule has 0 bridgehead atoms. The van der Waals surface area contributed by atoms with Gasteiger partial charge in [0, 0.05) is 30.1 Å². The molecule has 1 aromatic heterocycles. The van der Waals surface area contributed by atoms with Gasteiger partial charge >= 0.3 is 5.97 Å². The number of ether oxygens (including phenoxy) is 1. The van der Waals surface area contributed by atoms with Gasteiger partial charge in [0.25, 0.3) is 5.91 Å². The Morgan fingerprint density at radius 2 is 1.92 bits per heavy atom. The van der Waals surface area contributed by atoms with Crippen molar-refractivity contribution in [2.45, 2.75) is 40.7 Å². The van der Waals surface area contributed by atoms with Gasteiger partial charge in [0.15, 0.2) is 6.10 Å². The van der Waals surface area contributed by atoms with Crippen LogP contribution in [0.2, 0.25) is 0 Å². The first-order valence-electron chi connectivity index (χ1n) is 8.46. The van der Waals surface area contributed by atoms with Gasteiger partial charge in [-0.15, -0.1) is 0 Å². The standard InChI is InChI=1S/C20H25N3O3/c1-12-7-8-13(2)18(11-12)21-20(25)16(5)26-19(24)10-9-17-14(3)22-23(6)15(17)4/h7-11,16H,1-6H3,(H,21,25)/b10-9+/t16-/m1/s1. The first-order valence-corrected chi connectivity index (χ1v) is 8.46. The number of hydrogen-bond acceptors (Lipinski definition) is 4. The van der Waals surface area contributed by atoms with Gasteiger partial charge in [-0.3, -0.25) is 9.48 Å². The van der Waals surface area contributed by atoms with Crippen molar-refractivity contribution in [3.05, 3.63) is 52.4 Å². The van der Waals surface area contributed by atoms with Gasteiger partial charge in [-0.05, 0) is 57.9 Å². The van der Waals surface area contributed by atoms with Gasteiger partial charge in [0.2, 0.25) is 0 Å². The van der Waals surface area contributed by atoms with Crippen LogP contribution < -0.4 is 5.32 Å². The number of nitrogens with zero attached hydrogens (tertiary/aromatic N) is 2. The SMILES string of the molecule is Cc1ccc(C)c(NC(=O)[C@@H](C)OC(=O)/C=C/c2c(C)nn(C)c2C)c1. The average molecular weight is 355 g/mol. The number of benzene rings is 1. The molecule has 0 aliphatic rings. The van der Waals surface area contributed by atoms with E-state index in [-0.39, 0.29) is 5.91 Å². The Morgan fingerprint density at radius 1 is 1.23 bits per heavy atom. The maximum absolute atomic E-state index is 12.3. The Kier molecular flexibility index (Phi) is 5.97. The van der Waals surface area contributed by atoms with Crippen molar-refractivity contribution in [3.8, 4) is 0 Å². The molecule has 26 heavy (non-hydrogen) atoms. The monoisotopic (exact) mass is 355 g/mol. The Labute approximate surface area is 153 Å². The van der Waals surface area contributed by atoms with E-state index in [2.05, 4.69) is 10.4 Å². The van der Waals surface area contributed by atoms with Crippen LogP contribution in [0.25, 0.3) is 6.08 Å². The van der Waals surface area contributed by atoms with Crippen LogP contribution in [-0.2, 0) is 21.4 Å². The molecule has 1 aromatic carbocycles. The molecule has 1 atom stereocenters. The normalized spacial score (nSPS) is 12.2. The zero-order chi connectivity index (χ0) is 19.4. The summed E-state index contributed by atoms with van der Waals surface area (Å²) in [7, 11) is 1.84. The van der Waals surface area contributed by atoms with Gasteiger partial charge in [-0.25, -0.2) is 4.79 Å². The molecule has 0 aliphatic heterocycles. The van der Waals surface area contributed by atoms with Crippen molar-refractivity contribution in [1.29, 1.82) is 0 Å². The predicted molar refractivity (Wildman–Crippen MR) is 102 cm³/mol. The highest BCUT2D eigenvalue weighted by Gasteiger charge is 2.17. The Balaban J connectivity index is 1.98. The number of carbonyl (C=O) groups is 2. The second-order valence-electron chi connectivity index (χ2n) is 6.43. The molecule has 2 rings (SSSR count). The Bertz CT molecular complexity index is 865. The molecule has 138 valence electrons. The highest BCUT2D eigenvalue weighted by Crippen LogP contribution is 2.17. The van der Waals surface area contributed by atoms with Gasteiger partial charge in [-0.1, -0.05) is 12.1 Å². The van der Waals surface area contributed by atoms with Crippen molar-refractivity contribution in [2.24, 2.45) is 7.05 Å². The number of nitrogens with one attached hydrogen (secondary N) is 1. The summed E-state index contributed by atoms with van der Waals surface area (Å²) in [5.41, 5.74) is 5.36. The molecule has 0 radical (unpaired) electrons. The topological polar surface area (TPSA) is 73.2 Å². The van der Waals surface area contributed by atoms with E-state index in [1.165, 1.54) is 6.08 Å². The quantitative estimate of drug-likeness (QED) is 0.660. The molecular weight excluding hydrogens is 330 g/mol. The van der Waals surface area contributed by atoms with E-state index in [9.17, 15) is 9.59 Å². The van der Waals surface area contributed by atoms with E-state index < -0.39 is 12.1 Å². The minimum Gasteiger partial charge on any atom is -0.449 e. The smallest absolute Gasteiger partial charge is 0.331 e. The van der Waals surface area contributed by atoms with Crippen molar-refractivity contribution >= 4 is 23.6 Å². The summed E-state index contributed by atoms with van der Waals surface area (Å²) in [4.78, 5) is 24.3. The van der Waals surface area contributed by atoms with Gasteiger partial charge < -0.3 is 10.1 Å². The number of amides is 1. The number of aryl methyl sites for hydroxylation is 4. The van der Waals surface area contributed by atoms with Crippen LogP contribution in [0, 0.1) is 27.7 Å². The summed E-state index contributed by atoms with van der Waals surface area (Å²) < 4.78 is 6.95. The third-order valence-electron chi connectivity index (χ3n) is 4.26. The highest BCUT2D eigenvalue weighted by molar-refractivity contribution is 5.97. The molecule has 0 aliphatic carbocycles. The van der Waals surface area contributed by atoms with Crippen molar-refractivity contribution < 1.29 is 14.3 Å². The molecule has 2 aromatic rings. The molecular formula is C20H25N3O3. The fraction of sp³-hybridized carbons (Fsp3) is 0.350. The summed E-state index contributed by atoms with van der Waals surface area (Å²) in [6.07, 6.45) is 2.08. The second-order valence-corrected chi connectivity index (χ2v) is 6.43.